The number of aryl methyl sites for hydroxylation is 2. The molecule has 3 rings (SSSR count). The molecule has 156 valence electrons. The van der Waals surface area contributed by atoms with Gasteiger partial charge in [0.1, 0.15) is 23.0 Å². The van der Waals surface area contributed by atoms with Crippen molar-refractivity contribution in [3.05, 3.63) is 29.7 Å². The number of nitrogens with one attached hydrogen (secondary N) is 1. The zero-order valence-corrected chi connectivity index (χ0v) is 17.9. The maximum atomic E-state index is 10.6. The third-order valence-electron chi connectivity index (χ3n) is 4.75. The van der Waals surface area contributed by atoms with Crippen LogP contribution in [0.15, 0.2) is 18.5 Å². The van der Waals surface area contributed by atoms with E-state index in [1.54, 1.807) is 4.68 Å². The number of carbonyl (C=O) groups is 1. The number of pyridine rings is 1. The summed E-state index contributed by atoms with van der Waals surface area (Å²) in [7, 11) is 3.84. The van der Waals surface area contributed by atoms with Crippen LogP contribution in [0.4, 0.5) is 11.5 Å². The number of aromatic nitrogens is 5. The fraction of sp³-hybridized carbons (Fsp3) is 0.500. The van der Waals surface area contributed by atoms with E-state index in [2.05, 4.69) is 24.3 Å². The Kier molecular flexibility index (Phi) is 6.05. The molecule has 3 aromatic heterocycles. The molecule has 0 saturated carbocycles. The van der Waals surface area contributed by atoms with Crippen molar-refractivity contribution in [2.45, 2.75) is 46.4 Å². The molecule has 0 saturated heterocycles. The largest absolute Gasteiger partial charge is 0.463 e. The molecule has 0 bridgehead atoms. The Morgan fingerprint density at radius 2 is 2.10 bits per heavy atom. The van der Waals surface area contributed by atoms with Crippen molar-refractivity contribution in [1.82, 2.24) is 24.5 Å². The molecule has 0 radical (unpaired) electrons. The summed E-state index contributed by atoms with van der Waals surface area (Å²) in [6, 6.07) is 2.23. The van der Waals surface area contributed by atoms with Crippen molar-refractivity contribution >= 4 is 29.0 Å². The van der Waals surface area contributed by atoms with Crippen molar-refractivity contribution in [3.8, 4) is 0 Å². The van der Waals surface area contributed by atoms with E-state index >= 15 is 0 Å². The zero-order chi connectivity index (χ0) is 21.1. The summed E-state index contributed by atoms with van der Waals surface area (Å²) >= 11 is 0. The molecule has 0 amide bonds. The first-order valence-corrected chi connectivity index (χ1v) is 9.71. The molecule has 0 aliphatic heterocycles. The minimum absolute atomic E-state index is 0.205. The van der Waals surface area contributed by atoms with E-state index in [-0.39, 0.29) is 12.1 Å². The van der Waals surface area contributed by atoms with E-state index in [4.69, 9.17) is 14.8 Å². The van der Waals surface area contributed by atoms with E-state index < -0.39 is 0 Å². The highest BCUT2D eigenvalue weighted by molar-refractivity contribution is 5.92. The van der Waals surface area contributed by atoms with E-state index in [9.17, 15) is 4.79 Å². The summed E-state index contributed by atoms with van der Waals surface area (Å²) in [4.78, 5) is 17.4. The van der Waals surface area contributed by atoms with Crippen LogP contribution in [0.5, 0.6) is 0 Å². The normalized spacial score (nSPS) is 12.4. The molecule has 0 aliphatic carbocycles. The molecule has 29 heavy (non-hydrogen) atoms. The summed E-state index contributed by atoms with van der Waals surface area (Å²) in [6.07, 6.45) is 3.60. The van der Waals surface area contributed by atoms with Gasteiger partial charge in [-0.2, -0.15) is 10.2 Å². The van der Waals surface area contributed by atoms with Crippen molar-refractivity contribution < 1.29 is 9.53 Å². The van der Waals surface area contributed by atoms with E-state index in [0.29, 0.717) is 19.6 Å². The molecule has 9 nitrogen and oxygen atoms in total. The molecule has 0 spiro atoms. The fourth-order valence-corrected chi connectivity index (χ4v) is 3.35. The second kappa shape index (κ2) is 8.50. The average molecular weight is 399 g/mol. The second-order valence-corrected chi connectivity index (χ2v) is 7.65. The standard InChI is InChI=1S/C20H29N7O2/c1-13(2)27-20-17(21-8-16-9-22-26(6)11-16)7-18(23-19(20)15(4)24-27)25(5)10-14(3)29-12-28/h7,9,11-14H,8,10H2,1-6H3,(H,21,23). The third kappa shape index (κ3) is 4.49. The van der Waals surface area contributed by atoms with E-state index in [0.717, 1.165) is 33.8 Å². The maximum Gasteiger partial charge on any atom is 0.293 e. The highest BCUT2D eigenvalue weighted by Gasteiger charge is 2.19. The van der Waals surface area contributed by atoms with Crippen molar-refractivity contribution in [3.63, 3.8) is 0 Å². The number of ether oxygens (including phenoxy) is 1. The number of fused-ring (bicyclic) bond motifs is 1. The van der Waals surface area contributed by atoms with E-state index in [1.165, 1.54) is 0 Å². The van der Waals surface area contributed by atoms with Crippen LogP contribution in [0, 0.1) is 6.92 Å². The minimum Gasteiger partial charge on any atom is -0.463 e. The predicted octanol–water partition coefficient (Wildman–Crippen LogP) is 2.66. The summed E-state index contributed by atoms with van der Waals surface area (Å²) in [6.45, 7) is 9.70. The van der Waals surface area contributed by atoms with Gasteiger partial charge in [0, 0.05) is 44.5 Å². The number of hydrogen-bond acceptors (Lipinski definition) is 7. The molecule has 1 unspecified atom stereocenters. The minimum atomic E-state index is -0.235. The summed E-state index contributed by atoms with van der Waals surface area (Å²) in [5, 5.41) is 12.5. The van der Waals surface area contributed by atoms with E-state index in [1.807, 2.05) is 56.0 Å². The first kappa shape index (κ1) is 20.6. The number of rotatable bonds is 9. The Balaban J connectivity index is 2.00. The Morgan fingerprint density at radius 3 is 2.72 bits per heavy atom. The van der Waals surface area contributed by atoms with Gasteiger partial charge in [-0.05, 0) is 27.7 Å². The number of nitrogens with zero attached hydrogens (tertiary/aromatic N) is 6. The second-order valence-electron chi connectivity index (χ2n) is 7.65. The molecular formula is C20H29N7O2. The molecule has 0 fully saturated rings. The molecule has 3 heterocycles. The predicted molar refractivity (Wildman–Crippen MR) is 113 cm³/mol. The van der Waals surface area contributed by atoms with Crippen molar-refractivity contribution in [2.75, 3.05) is 23.8 Å². The first-order valence-electron chi connectivity index (χ1n) is 9.71. The number of likely N-dealkylation sites (N-methyl/N-ethyl adjacent to an activating group) is 1. The van der Waals surface area contributed by atoms with Crippen LogP contribution in [-0.2, 0) is 23.1 Å². The fourth-order valence-electron chi connectivity index (χ4n) is 3.35. The van der Waals surface area contributed by atoms with Crippen LogP contribution in [-0.4, -0.2) is 50.7 Å². The number of hydrogen-bond donors (Lipinski definition) is 1. The van der Waals surface area contributed by atoms with Crippen LogP contribution < -0.4 is 10.2 Å². The smallest absolute Gasteiger partial charge is 0.293 e. The van der Waals surface area contributed by atoms with Crippen LogP contribution in [0.1, 0.15) is 38.1 Å². The van der Waals surface area contributed by atoms with Gasteiger partial charge in [0.2, 0.25) is 0 Å². The summed E-state index contributed by atoms with van der Waals surface area (Å²) in [5.41, 5.74) is 4.77. The van der Waals surface area contributed by atoms with Crippen LogP contribution in [0.25, 0.3) is 11.0 Å². The Hall–Kier alpha value is -3.10. The van der Waals surface area contributed by atoms with Crippen LogP contribution in [0.3, 0.4) is 0 Å². The summed E-state index contributed by atoms with van der Waals surface area (Å²) < 4.78 is 8.82. The molecule has 9 heteroatoms. The molecule has 1 atom stereocenters. The summed E-state index contributed by atoms with van der Waals surface area (Å²) in [5.74, 6) is 0.791. The van der Waals surface area contributed by atoms with Gasteiger partial charge in [-0.15, -0.1) is 0 Å². The van der Waals surface area contributed by atoms with Crippen LogP contribution >= 0.6 is 0 Å². The lowest BCUT2D eigenvalue weighted by Gasteiger charge is -2.23. The lowest BCUT2D eigenvalue weighted by atomic mass is 10.2. The SMILES string of the molecule is Cc1nn(C(C)C)c2c(NCc3cnn(C)c3)cc(N(C)CC(C)OC=O)nc12. The molecule has 0 aliphatic rings. The van der Waals surface area contributed by atoms with Gasteiger partial charge in [0.05, 0.1) is 24.1 Å². The van der Waals surface area contributed by atoms with Crippen LogP contribution in [0.2, 0.25) is 0 Å². The topological polar surface area (TPSA) is 90.1 Å². The first-order chi connectivity index (χ1) is 13.8. The molecular weight excluding hydrogens is 370 g/mol. The molecule has 0 aromatic carbocycles. The van der Waals surface area contributed by atoms with Crippen molar-refractivity contribution in [2.24, 2.45) is 7.05 Å². The van der Waals surface area contributed by atoms with Gasteiger partial charge in [-0.3, -0.25) is 14.2 Å². The highest BCUT2D eigenvalue weighted by Crippen LogP contribution is 2.31. The monoisotopic (exact) mass is 399 g/mol. The molecule has 3 aromatic rings. The Labute approximate surface area is 170 Å². The van der Waals surface area contributed by atoms with Gasteiger partial charge >= 0.3 is 0 Å². The van der Waals surface area contributed by atoms with Gasteiger partial charge < -0.3 is 15.0 Å². The number of anilines is 2. The number of carbonyl (C=O) groups excluding carboxylic acids is 1. The van der Waals surface area contributed by atoms with Crippen molar-refractivity contribution in [1.29, 1.82) is 0 Å². The Morgan fingerprint density at radius 1 is 1.34 bits per heavy atom. The van der Waals surface area contributed by atoms with Gasteiger partial charge in [-0.25, -0.2) is 4.98 Å². The molecule has 1 N–H and O–H groups in total. The zero-order valence-electron chi connectivity index (χ0n) is 17.9. The maximum absolute atomic E-state index is 10.6. The van der Waals surface area contributed by atoms with Gasteiger partial charge in [0.25, 0.3) is 6.47 Å². The average Bonchev–Trinajstić information content (AvgIpc) is 3.23. The third-order valence-corrected chi connectivity index (χ3v) is 4.75. The quantitative estimate of drug-likeness (QED) is 0.553. The Bertz CT molecular complexity index is 992. The van der Waals surface area contributed by atoms with Gasteiger partial charge in [-0.1, -0.05) is 0 Å². The highest BCUT2D eigenvalue weighted by atomic mass is 16.5. The van der Waals surface area contributed by atoms with Gasteiger partial charge in [0.15, 0.2) is 0 Å². The lowest BCUT2D eigenvalue weighted by molar-refractivity contribution is -0.132. The lowest BCUT2D eigenvalue weighted by Crippen LogP contribution is -2.29.